The molecule has 202 valence electrons. The number of aromatic nitrogens is 2. The zero-order chi connectivity index (χ0) is 27.5. The molecule has 3 heterocycles. The van der Waals surface area contributed by atoms with E-state index in [1.165, 1.54) is 0 Å². The molecule has 1 saturated heterocycles. The first-order valence-corrected chi connectivity index (χ1v) is 13.6. The van der Waals surface area contributed by atoms with Gasteiger partial charge in [-0.15, -0.1) is 0 Å². The molecule has 2 amide bonds. The molecule has 1 aliphatic rings. The number of carbonyl (C=O) groups is 2. The van der Waals surface area contributed by atoms with Crippen LogP contribution >= 0.6 is 11.6 Å². The van der Waals surface area contributed by atoms with Crippen molar-refractivity contribution < 1.29 is 9.59 Å². The van der Waals surface area contributed by atoms with Crippen LogP contribution < -0.4 is 16.0 Å². The Morgan fingerprint density at radius 2 is 1.72 bits per heavy atom. The number of primary amides is 1. The molecule has 0 saturated carbocycles. The molecule has 39 heavy (non-hydrogen) atoms. The van der Waals surface area contributed by atoms with Crippen LogP contribution in [-0.2, 0) is 4.79 Å². The van der Waals surface area contributed by atoms with Crippen molar-refractivity contribution in [1.82, 2.24) is 20.2 Å². The number of aromatic amines is 1. The molecule has 1 fully saturated rings. The van der Waals surface area contributed by atoms with Gasteiger partial charge in [-0.1, -0.05) is 49.7 Å². The van der Waals surface area contributed by atoms with Gasteiger partial charge in [0.05, 0.1) is 11.6 Å². The lowest BCUT2D eigenvalue weighted by molar-refractivity contribution is -0.133. The van der Waals surface area contributed by atoms with E-state index in [2.05, 4.69) is 34.0 Å². The molecule has 0 bridgehead atoms. The second kappa shape index (κ2) is 11.5. The molecule has 1 atom stereocenters. The molecule has 0 unspecified atom stereocenters. The third-order valence-electron chi connectivity index (χ3n) is 7.25. The number of hydrogen-bond acceptors (Lipinski definition) is 5. The molecule has 0 aliphatic carbocycles. The standard InChI is InChI=1S/C30H33ClN6O2/c1-19(2)34-18-26(21-7-9-23(31)10-8-21)30(39)37-15-13-36(14-16-37)27-24-11-12-33-29(24)35-17-25(27)20-3-5-22(6-4-20)28(32)38/h3-12,17,19,26,34H,13-16,18H2,1-2H3,(H2,32,38)(H,33,35)/t26-/m1/s1. The van der Waals surface area contributed by atoms with Crippen molar-refractivity contribution in [1.29, 1.82) is 0 Å². The quantitative estimate of drug-likeness (QED) is 0.304. The van der Waals surface area contributed by atoms with Crippen molar-refractivity contribution in [2.75, 3.05) is 37.6 Å². The Labute approximate surface area is 233 Å². The number of anilines is 1. The number of benzene rings is 2. The molecule has 8 nitrogen and oxygen atoms in total. The maximum Gasteiger partial charge on any atom is 0.248 e. The number of carbonyl (C=O) groups excluding carboxylic acids is 2. The molecule has 5 rings (SSSR count). The van der Waals surface area contributed by atoms with Crippen molar-refractivity contribution in [2.24, 2.45) is 5.73 Å². The number of hydrogen-bond donors (Lipinski definition) is 3. The van der Waals surface area contributed by atoms with E-state index in [-0.39, 0.29) is 17.9 Å². The maximum atomic E-state index is 13.8. The fourth-order valence-electron chi connectivity index (χ4n) is 5.13. The molecule has 0 radical (unpaired) electrons. The molecule has 2 aromatic carbocycles. The first kappa shape index (κ1) is 26.7. The Morgan fingerprint density at radius 1 is 1.03 bits per heavy atom. The van der Waals surface area contributed by atoms with E-state index in [9.17, 15) is 9.59 Å². The SMILES string of the molecule is CC(C)NC[C@@H](C(=O)N1CCN(c2c(-c3ccc(C(N)=O)cc3)cnc3[nH]ccc23)CC1)c1ccc(Cl)cc1. The Bertz CT molecular complexity index is 1460. The predicted octanol–water partition coefficient (Wildman–Crippen LogP) is 4.41. The van der Waals surface area contributed by atoms with E-state index < -0.39 is 5.91 Å². The number of pyridine rings is 1. The number of rotatable bonds is 8. The van der Waals surface area contributed by atoms with Crippen LogP contribution in [0.15, 0.2) is 67.0 Å². The molecule has 0 spiro atoms. The minimum Gasteiger partial charge on any atom is -0.367 e. The van der Waals surface area contributed by atoms with Gasteiger partial charge < -0.3 is 25.8 Å². The predicted molar refractivity (Wildman–Crippen MR) is 156 cm³/mol. The van der Waals surface area contributed by atoms with Crippen molar-refractivity contribution >= 4 is 40.1 Å². The topological polar surface area (TPSA) is 107 Å². The summed E-state index contributed by atoms with van der Waals surface area (Å²) in [5.41, 5.74) is 10.7. The monoisotopic (exact) mass is 544 g/mol. The van der Waals surface area contributed by atoms with Crippen molar-refractivity contribution in [3.05, 3.63) is 83.1 Å². The van der Waals surface area contributed by atoms with Gasteiger partial charge in [0.15, 0.2) is 0 Å². The second-order valence-electron chi connectivity index (χ2n) is 10.2. The van der Waals surface area contributed by atoms with Gasteiger partial charge in [-0.05, 0) is 41.5 Å². The van der Waals surface area contributed by atoms with Crippen LogP contribution in [0.2, 0.25) is 5.02 Å². The van der Waals surface area contributed by atoms with Gasteiger partial charge in [-0.25, -0.2) is 4.98 Å². The molecular formula is C30H33ClN6O2. The molecule has 9 heteroatoms. The fraction of sp³-hybridized carbons (Fsp3) is 0.300. The summed E-state index contributed by atoms with van der Waals surface area (Å²) in [6, 6.07) is 17.1. The summed E-state index contributed by atoms with van der Waals surface area (Å²) in [5, 5.41) is 5.11. The van der Waals surface area contributed by atoms with Crippen LogP contribution in [-0.4, -0.2) is 65.4 Å². The van der Waals surface area contributed by atoms with Gasteiger partial charge in [0, 0.05) is 72.7 Å². The Morgan fingerprint density at radius 3 is 2.36 bits per heavy atom. The van der Waals surface area contributed by atoms with Gasteiger partial charge in [0.2, 0.25) is 11.8 Å². The largest absolute Gasteiger partial charge is 0.367 e. The molecule has 4 N–H and O–H groups in total. The minimum absolute atomic E-state index is 0.119. The van der Waals surface area contributed by atoms with E-state index in [1.54, 1.807) is 12.1 Å². The minimum atomic E-state index is -0.456. The van der Waals surface area contributed by atoms with E-state index in [1.807, 2.05) is 59.8 Å². The normalized spacial score (nSPS) is 14.7. The number of nitrogens with zero attached hydrogens (tertiary/aromatic N) is 3. The first-order chi connectivity index (χ1) is 18.8. The highest BCUT2D eigenvalue weighted by Crippen LogP contribution is 2.37. The number of nitrogens with one attached hydrogen (secondary N) is 2. The molecule has 1 aliphatic heterocycles. The van der Waals surface area contributed by atoms with Crippen LogP contribution in [0, 0.1) is 0 Å². The number of piperazine rings is 1. The van der Waals surface area contributed by atoms with Crippen LogP contribution in [0.4, 0.5) is 5.69 Å². The second-order valence-corrected chi connectivity index (χ2v) is 10.6. The van der Waals surface area contributed by atoms with Crippen LogP contribution in [0.3, 0.4) is 0 Å². The van der Waals surface area contributed by atoms with Crippen molar-refractivity contribution in [3.63, 3.8) is 0 Å². The highest BCUT2D eigenvalue weighted by molar-refractivity contribution is 6.30. The summed E-state index contributed by atoms with van der Waals surface area (Å²) in [4.78, 5) is 37.5. The number of H-pyrrole nitrogens is 1. The molecule has 2 aromatic heterocycles. The zero-order valence-corrected chi connectivity index (χ0v) is 22.9. The maximum absolute atomic E-state index is 13.8. The third-order valence-corrected chi connectivity index (χ3v) is 7.50. The first-order valence-electron chi connectivity index (χ1n) is 13.2. The third kappa shape index (κ3) is 5.77. The lowest BCUT2D eigenvalue weighted by Gasteiger charge is -2.38. The van der Waals surface area contributed by atoms with E-state index in [0.29, 0.717) is 43.3 Å². The Hall–Kier alpha value is -3.88. The fourth-order valence-corrected chi connectivity index (χ4v) is 5.25. The van der Waals surface area contributed by atoms with E-state index in [4.69, 9.17) is 17.3 Å². The van der Waals surface area contributed by atoms with Gasteiger partial charge in [0.1, 0.15) is 5.65 Å². The highest BCUT2D eigenvalue weighted by Gasteiger charge is 2.30. The summed E-state index contributed by atoms with van der Waals surface area (Å²) >= 11 is 6.11. The lowest BCUT2D eigenvalue weighted by atomic mass is 9.96. The zero-order valence-electron chi connectivity index (χ0n) is 22.2. The summed E-state index contributed by atoms with van der Waals surface area (Å²) in [5.74, 6) is -0.621. The van der Waals surface area contributed by atoms with Crippen molar-refractivity contribution in [3.8, 4) is 11.1 Å². The number of amides is 2. The number of fused-ring (bicyclic) bond motifs is 1. The van der Waals surface area contributed by atoms with Gasteiger partial charge in [-0.3, -0.25) is 9.59 Å². The van der Waals surface area contributed by atoms with E-state index >= 15 is 0 Å². The Balaban J connectivity index is 1.39. The van der Waals surface area contributed by atoms with Gasteiger partial charge >= 0.3 is 0 Å². The number of halogens is 1. The summed E-state index contributed by atoms with van der Waals surface area (Å²) in [6.45, 7) is 7.33. The average Bonchev–Trinajstić information content (AvgIpc) is 3.42. The van der Waals surface area contributed by atoms with Gasteiger partial charge in [0.25, 0.3) is 0 Å². The van der Waals surface area contributed by atoms with E-state index in [0.717, 1.165) is 33.4 Å². The van der Waals surface area contributed by atoms with Crippen LogP contribution in [0.1, 0.15) is 35.7 Å². The van der Waals surface area contributed by atoms with Gasteiger partial charge in [-0.2, -0.15) is 0 Å². The van der Waals surface area contributed by atoms with Crippen LogP contribution in [0.25, 0.3) is 22.2 Å². The molecule has 4 aromatic rings. The van der Waals surface area contributed by atoms with Crippen LogP contribution in [0.5, 0.6) is 0 Å². The highest BCUT2D eigenvalue weighted by atomic mass is 35.5. The summed E-state index contributed by atoms with van der Waals surface area (Å²) < 4.78 is 0. The average molecular weight is 545 g/mol. The Kier molecular flexibility index (Phi) is 7.86. The molecular weight excluding hydrogens is 512 g/mol. The van der Waals surface area contributed by atoms with Crippen molar-refractivity contribution in [2.45, 2.75) is 25.8 Å². The summed E-state index contributed by atoms with van der Waals surface area (Å²) in [6.07, 6.45) is 3.75. The summed E-state index contributed by atoms with van der Waals surface area (Å²) in [7, 11) is 0. The number of nitrogens with two attached hydrogens (primary N) is 1. The lowest BCUT2D eigenvalue weighted by Crippen LogP contribution is -2.51. The smallest absolute Gasteiger partial charge is 0.248 e.